The lowest BCUT2D eigenvalue weighted by Crippen LogP contribution is -2.52. The van der Waals surface area contributed by atoms with E-state index in [4.69, 9.17) is 10.5 Å². The first-order chi connectivity index (χ1) is 8.54. The fourth-order valence-electron chi connectivity index (χ4n) is 2.81. The van der Waals surface area contributed by atoms with Crippen molar-refractivity contribution in [3.63, 3.8) is 0 Å². The third-order valence-corrected chi connectivity index (χ3v) is 4.24. The normalized spacial score (nSPS) is 26.9. The maximum absolute atomic E-state index is 6.37. The molecule has 0 spiro atoms. The standard InChI is InChI=1S/C16H25NO/c1-4-12-8-5-6-9-13(12)18-14-10-7-11-16(2,3)15(14)17/h5-6,8-9,14-15H,4,7,10-11,17H2,1-3H3. The molecule has 2 heteroatoms. The fraction of sp³-hybridized carbons (Fsp3) is 0.625. The number of hydrogen-bond donors (Lipinski definition) is 1. The second kappa shape index (κ2) is 5.31. The summed E-state index contributed by atoms with van der Waals surface area (Å²) in [5.74, 6) is 1.01. The molecule has 2 rings (SSSR count). The summed E-state index contributed by atoms with van der Waals surface area (Å²) in [5, 5.41) is 0. The van der Waals surface area contributed by atoms with Crippen LogP contribution in [0.1, 0.15) is 45.6 Å². The van der Waals surface area contributed by atoms with E-state index >= 15 is 0 Å². The van der Waals surface area contributed by atoms with Crippen molar-refractivity contribution >= 4 is 0 Å². The van der Waals surface area contributed by atoms with Crippen molar-refractivity contribution in [2.45, 2.75) is 58.6 Å². The van der Waals surface area contributed by atoms with E-state index in [9.17, 15) is 0 Å². The number of benzene rings is 1. The molecule has 1 aliphatic carbocycles. The predicted octanol–water partition coefficient (Wildman–Crippen LogP) is 3.53. The molecular formula is C16H25NO. The van der Waals surface area contributed by atoms with Gasteiger partial charge in [0.05, 0.1) is 0 Å². The first kappa shape index (κ1) is 13.4. The maximum atomic E-state index is 6.37. The molecule has 0 saturated heterocycles. The van der Waals surface area contributed by atoms with Crippen LogP contribution in [-0.2, 0) is 6.42 Å². The molecule has 0 aliphatic heterocycles. The van der Waals surface area contributed by atoms with E-state index in [1.807, 2.05) is 6.07 Å². The third-order valence-electron chi connectivity index (χ3n) is 4.24. The van der Waals surface area contributed by atoms with Gasteiger partial charge < -0.3 is 10.5 Å². The van der Waals surface area contributed by atoms with Gasteiger partial charge in [0.15, 0.2) is 0 Å². The van der Waals surface area contributed by atoms with Crippen LogP contribution in [0.5, 0.6) is 5.75 Å². The van der Waals surface area contributed by atoms with Crippen LogP contribution in [0, 0.1) is 5.41 Å². The molecule has 1 aliphatic rings. The van der Waals surface area contributed by atoms with E-state index in [0.29, 0.717) is 0 Å². The van der Waals surface area contributed by atoms with Crippen LogP contribution in [0.25, 0.3) is 0 Å². The molecule has 0 radical (unpaired) electrons. The van der Waals surface area contributed by atoms with Gasteiger partial charge in [-0.15, -0.1) is 0 Å². The Morgan fingerprint density at radius 2 is 2.06 bits per heavy atom. The molecule has 1 saturated carbocycles. The number of para-hydroxylation sites is 1. The number of rotatable bonds is 3. The highest BCUT2D eigenvalue weighted by molar-refractivity contribution is 5.33. The van der Waals surface area contributed by atoms with Crippen molar-refractivity contribution in [2.24, 2.45) is 11.1 Å². The Morgan fingerprint density at radius 1 is 1.33 bits per heavy atom. The van der Waals surface area contributed by atoms with Crippen LogP contribution in [0.2, 0.25) is 0 Å². The van der Waals surface area contributed by atoms with E-state index < -0.39 is 0 Å². The van der Waals surface area contributed by atoms with Gasteiger partial charge in [0, 0.05) is 6.04 Å². The fourth-order valence-corrected chi connectivity index (χ4v) is 2.81. The van der Waals surface area contributed by atoms with E-state index in [0.717, 1.165) is 18.6 Å². The van der Waals surface area contributed by atoms with E-state index in [2.05, 4.69) is 39.0 Å². The molecule has 0 aromatic heterocycles. The molecule has 100 valence electrons. The Hall–Kier alpha value is -1.02. The highest BCUT2D eigenvalue weighted by Crippen LogP contribution is 2.36. The maximum Gasteiger partial charge on any atom is 0.122 e. The Bertz CT molecular complexity index is 400. The lowest BCUT2D eigenvalue weighted by atomic mass is 9.72. The van der Waals surface area contributed by atoms with Gasteiger partial charge in [0.2, 0.25) is 0 Å². The van der Waals surface area contributed by atoms with Crippen molar-refractivity contribution < 1.29 is 4.74 Å². The summed E-state index contributed by atoms with van der Waals surface area (Å²) in [5.41, 5.74) is 7.83. The Morgan fingerprint density at radius 3 is 2.78 bits per heavy atom. The van der Waals surface area contributed by atoms with Crippen molar-refractivity contribution in [2.75, 3.05) is 0 Å². The van der Waals surface area contributed by atoms with Gasteiger partial charge in [-0.1, -0.05) is 39.0 Å². The molecule has 2 nitrogen and oxygen atoms in total. The van der Waals surface area contributed by atoms with Crippen LogP contribution in [0.15, 0.2) is 24.3 Å². The largest absolute Gasteiger partial charge is 0.489 e. The average Bonchev–Trinajstić information content (AvgIpc) is 2.35. The number of ether oxygens (including phenoxy) is 1. The molecule has 0 amide bonds. The summed E-state index contributed by atoms with van der Waals surface area (Å²) >= 11 is 0. The third kappa shape index (κ3) is 2.69. The minimum atomic E-state index is 0.121. The van der Waals surface area contributed by atoms with Crippen molar-refractivity contribution in [3.8, 4) is 5.75 Å². The Labute approximate surface area is 111 Å². The van der Waals surface area contributed by atoms with E-state index in [-0.39, 0.29) is 17.6 Å². The molecule has 2 N–H and O–H groups in total. The summed E-state index contributed by atoms with van der Waals surface area (Å²) in [6.07, 6.45) is 4.63. The van der Waals surface area contributed by atoms with E-state index in [1.165, 1.54) is 18.4 Å². The lowest BCUT2D eigenvalue weighted by molar-refractivity contribution is 0.0561. The van der Waals surface area contributed by atoms with Gasteiger partial charge >= 0.3 is 0 Å². The van der Waals surface area contributed by atoms with Gasteiger partial charge in [0.1, 0.15) is 11.9 Å². The summed E-state index contributed by atoms with van der Waals surface area (Å²) < 4.78 is 6.20. The molecule has 0 heterocycles. The smallest absolute Gasteiger partial charge is 0.122 e. The number of aryl methyl sites for hydroxylation is 1. The molecule has 1 aromatic carbocycles. The highest BCUT2D eigenvalue weighted by Gasteiger charge is 2.37. The molecule has 0 bridgehead atoms. The minimum absolute atomic E-state index is 0.121. The quantitative estimate of drug-likeness (QED) is 0.886. The summed E-state index contributed by atoms with van der Waals surface area (Å²) in [6.45, 7) is 6.66. The summed E-state index contributed by atoms with van der Waals surface area (Å²) in [4.78, 5) is 0. The molecule has 2 atom stereocenters. The number of nitrogens with two attached hydrogens (primary N) is 1. The first-order valence-electron chi connectivity index (χ1n) is 7.04. The predicted molar refractivity (Wildman–Crippen MR) is 75.8 cm³/mol. The minimum Gasteiger partial charge on any atom is -0.489 e. The van der Waals surface area contributed by atoms with E-state index in [1.54, 1.807) is 0 Å². The monoisotopic (exact) mass is 247 g/mol. The van der Waals surface area contributed by atoms with Gasteiger partial charge in [-0.05, 0) is 42.7 Å². The SMILES string of the molecule is CCc1ccccc1OC1CCCC(C)(C)C1N. The van der Waals surface area contributed by atoms with Gasteiger partial charge in [0.25, 0.3) is 0 Å². The number of hydrogen-bond acceptors (Lipinski definition) is 2. The van der Waals surface area contributed by atoms with Crippen LogP contribution in [0.4, 0.5) is 0 Å². The second-order valence-electron chi connectivity index (χ2n) is 6.02. The lowest BCUT2D eigenvalue weighted by Gasteiger charge is -2.41. The van der Waals surface area contributed by atoms with Gasteiger partial charge in [-0.25, -0.2) is 0 Å². The van der Waals surface area contributed by atoms with Crippen molar-refractivity contribution in [1.82, 2.24) is 0 Å². The van der Waals surface area contributed by atoms with Crippen LogP contribution < -0.4 is 10.5 Å². The zero-order valence-corrected chi connectivity index (χ0v) is 11.8. The zero-order valence-electron chi connectivity index (χ0n) is 11.8. The average molecular weight is 247 g/mol. The molecule has 18 heavy (non-hydrogen) atoms. The summed E-state index contributed by atoms with van der Waals surface area (Å²) in [6, 6.07) is 8.42. The first-order valence-corrected chi connectivity index (χ1v) is 7.04. The highest BCUT2D eigenvalue weighted by atomic mass is 16.5. The molecule has 2 unspecified atom stereocenters. The van der Waals surface area contributed by atoms with Crippen LogP contribution >= 0.6 is 0 Å². The second-order valence-corrected chi connectivity index (χ2v) is 6.02. The molecular weight excluding hydrogens is 222 g/mol. The Balaban J connectivity index is 2.13. The van der Waals surface area contributed by atoms with Crippen LogP contribution in [-0.4, -0.2) is 12.1 Å². The topological polar surface area (TPSA) is 35.2 Å². The van der Waals surface area contributed by atoms with Gasteiger partial charge in [-0.2, -0.15) is 0 Å². The summed E-state index contributed by atoms with van der Waals surface area (Å²) in [7, 11) is 0. The molecule has 1 aromatic rings. The zero-order chi connectivity index (χ0) is 13.2. The van der Waals surface area contributed by atoms with Crippen LogP contribution in [0.3, 0.4) is 0 Å². The Kier molecular flexibility index (Phi) is 3.96. The van der Waals surface area contributed by atoms with Crippen molar-refractivity contribution in [1.29, 1.82) is 0 Å². The molecule has 1 fully saturated rings. The van der Waals surface area contributed by atoms with Crippen molar-refractivity contribution in [3.05, 3.63) is 29.8 Å². The van der Waals surface area contributed by atoms with Gasteiger partial charge in [-0.3, -0.25) is 0 Å².